The lowest BCUT2D eigenvalue weighted by Gasteiger charge is -2.13. The molecular formula is C36H43FO8. The topological polar surface area (TPSA) is 97.4 Å². The molecule has 8 nitrogen and oxygen atoms in total. The Labute approximate surface area is 264 Å². The maximum absolute atomic E-state index is 14.7. The average Bonchev–Trinajstić information content (AvgIpc) is 3.04. The number of methoxy groups -OCH3 is 1. The van der Waals surface area contributed by atoms with E-state index < -0.39 is 35.4 Å². The van der Waals surface area contributed by atoms with Crippen molar-refractivity contribution in [1.29, 1.82) is 0 Å². The van der Waals surface area contributed by atoms with Crippen LogP contribution in [-0.2, 0) is 19.0 Å². The summed E-state index contributed by atoms with van der Waals surface area (Å²) in [5.41, 5.74) is 1.73. The van der Waals surface area contributed by atoms with Crippen LogP contribution in [-0.4, -0.2) is 50.9 Å². The van der Waals surface area contributed by atoms with Crippen LogP contribution >= 0.6 is 0 Å². The van der Waals surface area contributed by atoms with E-state index >= 15 is 0 Å². The second kappa shape index (κ2) is 19.2. The highest BCUT2D eigenvalue weighted by molar-refractivity contribution is 5.93. The molecule has 0 unspecified atom stereocenters. The van der Waals surface area contributed by atoms with Gasteiger partial charge in [-0.1, -0.05) is 76.1 Å². The molecule has 1 atom stereocenters. The molecule has 0 amide bonds. The van der Waals surface area contributed by atoms with Crippen LogP contribution in [0.1, 0.15) is 85.9 Å². The summed E-state index contributed by atoms with van der Waals surface area (Å²) in [6.45, 7) is 4.43. The second-order valence-electron chi connectivity index (χ2n) is 10.7. The molecule has 0 aliphatic rings. The SMILES string of the molecule is CCCCCCCCCCOc1ccc(-c2ccc(C(=O)Oc3ccc(C(=O)O[C@@H](C)C(=O)OCCOC)c(F)c3)cc2)cc1. The lowest BCUT2D eigenvalue weighted by atomic mass is 10.0. The fourth-order valence-corrected chi connectivity index (χ4v) is 4.47. The van der Waals surface area contributed by atoms with E-state index in [9.17, 15) is 18.8 Å². The first-order valence-electron chi connectivity index (χ1n) is 15.5. The Morgan fingerprint density at radius 2 is 1.31 bits per heavy atom. The zero-order valence-electron chi connectivity index (χ0n) is 26.4. The highest BCUT2D eigenvalue weighted by atomic mass is 19.1. The Kier molecular flexibility index (Phi) is 15.0. The summed E-state index contributed by atoms with van der Waals surface area (Å²) in [4.78, 5) is 36.9. The molecule has 45 heavy (non-hydrogen) atoms. The minimum absolute atomic E-state index is 0.00360. The van der Waals surface area contributed by atoms with E-state index in [1.54, 1.807) is 24.3 Å². The Bertz CT molecular complexity index is 1350. The largest absolute Gasteiger partial charge is 0.494 e. The molecule has 0 bridgehead atoms. The van der Waals surface area contributed by atoms with Crippen LogP contribution in [0.15, 0.2) is 66.7 Å². The highest BCUT2D eigenvalue weighted by Gasteiger charge is 2.23. The van der Waals surface area contributed by atoms with E-state index in [4.69, 9.17) is 23.7 Å². The van der Waals surface area contributed by atoms with Crippen LogP contribution in [0.2, 0.25) is 0 Å². The third-order valence-electron chi connectivity index (χ3n) is 7.09. The summed E-state index contributed by atoms with van der Waals surface area (Å²) in [5.74, 6) is -2.76. The lowest BCUT2D eigenvalue weighted by molar-refractivity contribution is -0.154. The molecule has 0 radical (unpaired) electrons. The van der Waals surface area contributed by atoms with Gasteiger partial charge in [-0.25, -0.2) is 18.8 Å². The van der Waals surface area contributed by atoms with Gasteiger partial charge in [0, 0.05) is 13.2 Å². The number of unbranched alkanes of at least 4 members (excludes halogenated alkanes) is 7. The minimum atomic E-state index is -1.25. The fourth-order valence-electron chi connectivity index (χ4n) is 4.47. The first-order valence-corrected chi connectivity index (χ1v) is 15.5. The van der Waals surface area contributed by atoms with E-state index in [0.29, 0.717) is 6.61 Å². The maximum Gasteiger partial charge on any atom is 0.347 e. The standard InChI is InChI=1S/C36H43FO8/c1-4-5-6-7-8-9-10-11-22-42-30-18-16-28(17-19-30)27-12-14-29(15-13-27)35(39)45-31-20-21-32(33(37)25-31)36(40)44-26(2)34(38)43-24-23-41-3/h12-21,25-26H,4-11,22-24H2,1-3H3/t26-/m0/s1. The monoisotopic (exact) mass is 622 g/mol. The van der Waals surface area contributed by atoms with Gasteiger partial charge in [-0.15, -0.1) is 0 Å². The van der Waals surface area contributed by atoms with Gasteiger partial charge in [-0.3, -0.25) is 0 Å². The zero-order chi connectivity index (χ0) is 32.4. The third-order valence-corrected chi connectivity index (χ3v) is 7.09. The summed E-state index contributed by atoms with van der Waals surface area (Å²) in [5, 5.41) is 0. The third kappa shape index (κ3) is 12.0. The number of rotatable bonds is 19. The maximum atomic E-state index is 14.7. The number of carbonyl (C=O) groups excluding carboxylic acids is 3. The Morgan fingerprint density at radius 3 is 1.93 bits per heavy atom. The van der Waals surface area contributed by atoms with Gasteiger partial charge in [-0.2, -0.15) is 0 Å². The van der Waals surface area contributed by atoms with Crippen LogP contribution < -0.4 is 9.47 Å². The van der Waals surface area contributed by atoms with Crippen LogP contribution in [0.4, 0.5) is 4.39 Å². The predicted molar refractivity (Wildman–Crippen MR) is 169 cm³/mol. The van der Waals surface area contributed by atoms with Gasteiger partial charge in [0.25, 0.3) is 0 Å². The Morgan fingerprint density at radius 1 is 0.711 bits per heavy atom. The molecule has 0 fully saturated rings. The van der Waals surface area contributed by atoms with E-state index in [1.165, 1.54) is 65.0 Å². The van der Waals surface area contributed by atoms with Crippen molar-refractivity contribution in [2.75, 3.05) is 26.9 Å². The van der Waals surface area contributed by atoms with Crippen molar-refractivity contribution in [2.45, 2.75) is 71.3 Å². The number of benzene rings is 3. The number of halogens is 1. The van der Waals surface area contributed by atoms with Gasteiger partial charge < -0.3 is 23.7 Å². The normalized spacial score (nSPS) is 11.5. The second-order valence-corrected chi connectivity index (χ2v) is 10.7. The zero-order valence-corrected chi connectivity index (χ0v) is 26.4. The predicted octanol–water partition coefficient (Wildman–Crippen LogP) is 7.97. The van der Waals surface area contributed by atoms with E-state index in [2.05, 4.69) is 6.92 Å². The summed E-state index contributed by atoms with van der Waals surface area (Å²) in [6.07, 6.45) is 8.80. The average molecular weight is 623 g/mol. The van der Waals surface area contributed by atoms with E-state index in [0.717, 1.165) is 35.4 Å². The number of hydrogen-bond acceptors (Lipinski definition) is 8. The summed E-state index contributed by atoms with van der Waals surface area (Å²) >= 11 is 0. The first-order chi connectivity index (χ1) is 21.8. The molecule has 0 saturated heterocycles. The highest BCUT2D eigenvalue weighted by Crippen LogP contribution is 2.24. The van der Waals surface area contributed by atoms with Crippen LogP contribution in [0.25, 0.3) is 11.1 Å². The Balaban J connectivity index is 1.46. The van der Waals surface area contributed by atoms with Crippen molar-refractivity contribution >= 4 is 17.9 Å². The number of carbonyl (C=O) groups is 3. The van der Waals surface area contributed by atoms with Crippen molar-refractivity contribution < 1.29 is 42.5 Å². The molecule has 0 N–H and O–H groups in total. The fraction of sp³-hybridized carbons (Fsp3) is 0.417. The van der Waals surface area contributed by atoms with Gasteiger partial charge >= 0.3 is 17.9 Å². The number of esters is 3. The molecule has 0 spiro atoms. The van der Waals surface area contributed by atoms with Crippen LogP contribution in [0.3, 0.4) is 0 Å². The van der Waals surface area contributed by atoms with Crippen molar-refractivity contribution in [2.24, 2.45) is 0 Å². The molecule has 0 aliphatic carbocycles. The van der Waals surface area contributed by atoms with Gasteiger partial charge in [-0.05, 0) is 60.9 Å². The molecule has 9 heteroatoms. The number of hydrogen-bond donors (Lipinski definition) is 0. The summed E-state index contributed by atoms with van der Waals surface area (Å²) in [6, 6.07) is 18.0. The van der Waals surface area contributed by atoms with Crippen LogP contribution in [0.5, 0.6) is 11.5 Å². The van der Waals surface area contributed by atoms with Crippen molar-refractivity contribution in [3.8, 4) is 22.6 Å². The quantitative estimate of drug-likeness (QED) is 0.0755. The molecule has 3 aromatic carbocycles. The van der Waals surface area contributed by atoms with Crippen molar-refractivity contribution in [3.63, 3.8) is 0 Å². The molecular weight excluding hydrogens is 579 g/mol. The Hall–Kier alpha value is -4.24. The van der Waals surface area contributed by atoms with Crippen molar-refractivity contribution in [3.05, 3.63) is 83.7 Å². The summed E-state index contributed by atoms with van der Waals surface area (Å²) < 4.78 is 40.5. The van der Waals surface area contributed by atoms with Crippen LogP contribution in [0, 0.1) is 5.82 Å². The number of ether oxygens (including phenoxy) is 5. The minimum Gasteiger partial charge on any atom is -0.494 e. The van der Waals surface area contributed by atoms with Crippen molar-refractivity contribution in [1.82, 2.24) is 0 Å². The molecule has 0 aliphatic heterocycles. The molecule has 0 aromatic heterocycles. The molecule has 3 rings (SSSR count). The first kappa shape index (κ1) is 35.2. The molecule has 0 heterocycles. The van der Waals surface area contributed by atoms with Gasteiger partial charge in [0.05, 0.1) is 24.3 Å². The lowest BCUT2D eigenvalue weighted by Crippen LogP contribution is -2.27. The smallest absolute Gasteiger partial charge is 0.347 e. The molecule has 3 aromatic rings. The van der Waals surface area contributed by atoms with Gasteiger partial charge in [0.2, 0.25) is 0 Å². The van der Waals surface area contributed by atoms with Gasteiger partial charge in [0.15, 0.2) is 6.10 Å². The van der Waals surface area contributed by atoms with E-state index in [-0.39, 0.29) is 24.5 Å². The molecule has 242 valence electrons. The van der Waals surface area contributed by atoms with Gasteiger partial charge in [0.1, 0.15) is 23.9 Å². The molecule has 0 saturated carbocycles. The summed E-state index contributed by atoms with van der Waals surface area (Å²) in [7, 11) is 1.45. The van der Waals surface area contributed by atoms with E-state index in [1.807, 2.05) is 24.3 Å².